The summed E-state index contributed by atoms with van der Waals surface area (Å²) in [6.45, 7) is 3.43. The fourth-order valence-electron chi connectivity index (χ4n) is 2.81. The van der Waals surface area contributed by atoms with Crippen LogP contribution in [-0.2, 0) is 13.0 Å². The van der Waals surface area contributed by atoms with Gasteiger partial charge in [0.05, 0.1) is 10.4 Å². The number of hydrogen-bond acceptors (Lipinski definition) is 3. The van der Waals surface area contributed by atoms with Gasteiger partial charge in [-0.05, 0) is 30.6 Å². The zero-order valence-corrected chi connectivity index (χ0v) is 14.1. The minimum Gasteiger partial charge on any atom is -0.337 e. The number of benzene rings is 1. The molecular weight excluding hydrogens is 296 g/mol. The number of imidazole rings is 1. The molecule has 2 unspecified atom stereocenters. The Morgan fingerprint density at radius 3 is 2.90 bits per heavy atom. The van der Waals surface area contributed by atoms with Crippen LogP contribution in [-0.4, -0.2) is 24.6 Å². The van der Waals surface area contributed by atoms with Gasteiger partial charge >= 0.3 is 0 Å². The van der Waals surface area contributed by atoms with E-state index in [-0.39, 0.29) is 0 Å². The van der Waals surface area contributed by atoms with Crippen molar-refractivity contribution in [2.75, 3.05) is 5.75 Å². The van der Waals surface area contributed by atoms with Crippen LogP contribution in [0.25, 0.3) is 0 Å². The molecule has 0 aliphatic carbocycles. The van der Waals surface area contributed by atoms with Crippen LogP contribution in [0.5, 0.6) is 0 Å². The van der Waals surface area contributed by atoms with E-state index in [0.717, 1.165) is 18.2 Å². The fraction of sp³-hybridized carbons (Fsp3) is 0.471. The van der Waals surface area contributed by atoms with E-state index in [1.165, 1.54) is 24.2 Å². The highest BCUT2D eigenvalue weighted by molar-refractivity contribution is 8.19. The van der Waals surface area contributed by atoms with E-state index in [0.29, 0.717) is 4.08 Å². The smallest absolute Gasteiger partial charge is 0.0945 e. The number of hydrogen-bond donors (Lipinski definition) is 0. The lowest BCUT2D eigenvalue weighted by Gasteiger charge is -2.39. The van der Waals surface area contributed by atoms with E-state index in [1.54, 1.807) is 0 Å². The molecule has 1 aliphatic rings. The number of aromatic nitrogens is 2. The van der Waals surface area contributed by atoms with Gasteiger partial charge in [0.25, 0.3) is 0 Å². The molecule has 1 fully saturated rings. The average Bonchev–Trinajstić information content (AvgIpc) is 3.00. The van der Waals surface area contributed by atoms with Gasteiger partial charge in [-0.25, -0.2) is 4.98 Å². The third kappa shape index (κ3) is 4.07. The average molecular weight is 319 g/mol. The first-order valence-electron chi connectivity index (χ1n) is 7.57. The Balaban J connectivity index is 1.74. The van der Waals surface area contributed by atoms with Crippen LogP contribution in [0.2, 0.25) is 0 Å². The van der Waals surface area contributed by atoms with Crippen molar-refractivity contribution in [1.82, 2.24) is 9.55 Å². The van der Waals surface area contributed by atoms with E-state index in [2.05, 4.69) is 76.5 Å². The van der Waals surface area contributed by atoms with Gasteiger partial charge in [0.1, 0.15) is 0 Å². The van der Waals surface area contributed by atoms with Crippen LogP contribution in [0, 0.1) is 0 Å². The normalized spacial score (nSPS) is 25.9. The molecule has 0 bridgehead atoms. The van der Waals surface area contributed by atoms with Crippen molar-refractivity contribution < 1.29 is 0 Å². The Morgan fingerprint density at radius 2 is 2.19 bits per heavy atom. The maximum atomic E-state index is 4.16. The summed E-state index contributed by atoms with van der Waals surface area (Å²) >= 11 is 4.34. The van der Waals surface area contributed by atoms with Gasteiger partial charge in [-0.2, -0.15) is 0 Å². The van der Waals surface area contributed by atoms with E-state index >= 15 is 0 Å². The van der Waals surface area contributed by atoms with Crippen molar-refractivity contribution in [3.8, 4) is 0 Å². The number of aryl methyl sites for hydroxylation is 1. The molecule has 1 aromatic heterocycles. The SMILES string of the molecule is CC1CCSC(CCn2ccnc2)(Cc2ccccc2)S1. The highest BCUT2D eigenvalue weighted by Gasteiger charge is 2.36. The standard InChI is InChI=1S/C17H22N2S2/c1-15-7-12-20-17(21-15,8-10-19-11-9-18-14-19)13-16-5-3-2-4-6-16/h2-6,9,11,14-15H,7-8,10,12-13H2,1H3. The lowest BCUT2D eigenvalue weighted by Crippen LogP contribution is -2.32. The molecule has 0 amide bonds. The molecule has 1 saturated heterocycles. The molecule has 3 rings (SSSR count). The zero-order chi connectivity index (χ0) is 14.5. The molecule has 0 saturated carbocycles. The van der Waals surface area contributed by atoms with Gasteiger partial charge in [-0.1, -0.05) is 37.3 Å². The highest BCUT2D eigenvalue weighted by atomic mass is 32.2. The quantitative estimate of drug-likeness (QED) is 0.810. The molecule has 1 aliphatic heterocycles. The predicted octanol–water partition coefficient (Wildman–Crippen LogP) is 4.47. The van der Waals surface area contributed by atoms with Crippen molar-refractivity contribution in [3.05, 3.63) is 54.6 Å². The second-order valence-electron chi connectivity index (χ2n) is 5.69. The van der Waals surface area contributed by atoms with E-state index in [1.807, 2.05) is 12.5 Å². The molecule has 1 aromatic carbocycles. The summed E-state index contributed by atoms with van der Waals surface area (Å²) in [6, 6.07) is 10.9. The summed E-state index contributed by atoms with van der Waals surface area (Å²) < 4.78 is 2.51. The molecular formula is C17H22N2S2. The minimum absolute atomic E-state index is 0.309. The third-order valence-corrected chi connectivity index (χ3v) is 7.30. The van der Waals surface area contributed by atoms with Gasteiger partial charge in [0.15, 0.2) is 0 Å². The first-order valence-corrected chi connectivity index (χ1v) is 9.44. The molecule has 21 heavy (non-hydrogen) atoms. The van der Waals surface area contributed by atoms with Crippen LogP contribution >= 0.6 is 23.5 Å². The molecule has 2 nitrogen and oxygen atoms in total. The van der Waals surface area contributed by atoms with Crippen molar-refractivity contribution >= 4 is 23.5 Å². The van der Waals surface area contributed by atoms with Gasteiger partial charge < -0.3 is 4.57 Å². The molecule has 0 radical (unpaired) electrons. The Kier molecular flexibility index (Phi) is 4.96. The largest absolute Gasteiger partial charge is 0.337 e. The maximum absolute atomic E-state index is 4.16. The topological polar surface area (TPSA) is 17.8 Å². The highest BCUT2D eigenvalue weighted by Crippen LogP contribution is 2.50. The van der Waals surface area contributed by atoms with Crippen molar-refractivity contribution in [3.63, 3.8) is 0 Å². The molecule has 0 spiro atoms. The number of thioether (sulfide) groups is 2. The van der Waals surface area contributed by atoms with Crippen LogP contribution in [0.1, 0.15) is 25.3 Å². The predicted molar refractivity (Wildman–Crippen MR) is 93.8 cm³/mol. The van der Waals surface area contributed by atoms with E-state index in [4.69, 9.17) is 0 Å². The minimum atomic E-state index is 0.309. The van der Waals surface area contributed by atoms with Crippen molar-refractivity contribution in [2.24, 2.45) is 0 Å². The lowest BCUT2D eigenvalue weighted by atomic mass is 10.1. The van der Waals surface area contributed by atoms with Crippen LogP contribution in [0.15, 0.2) is 49.1 Å². The fourth-order valence-corrected chi connectivity index (χ4v) is 6.75. The van der Waals surface area contributed by atoms with Crippen LogP contribution in [0.3, 0.4) is 0 Å². The Morgan fingerprint density at radius 1 is 1.33 bits per heavy atom. The lowest BCUT2D eigenvalue weighted by molar-refractivity contribution is 0.589. The van der Waals surface area contributed by atoms with Gasteiger partial charge in [-0.3, -0.25) is 0 Å². The molecule has 0 N–H and O–H groups in total. The Hall–Kier alpha value is -0.870. The molecule has 112 valence electrons. The zero-order valence-electron chi connectivity index (χ0n) is 12.4. The molecule has 4 heteroatoms. The van der Waals surface area contributed by atoms with Gasteiger partial charge in [0, 0.05) is 24.2 Å². The third-order valence-electron chi connectivity index (χ3n) is 3.93. The summed E-state index contributed by atoms with van der Waals surface area (Å²) in [4.78, 5) is 4.16. The van der Waals surface area contributed by atoms with Crippen LogP contribution < -0.4 is 0 Å². The van der Waals surface area contributed by atoms with Crippen molar-refractivity contribution in [2.45, 2.75) is 42.1 Å². The first kappa shape index (κ1) is 15.0. The number of rotatable bonds is 5. The molecule has 2 heterocycles. The summed E-state index contributed by atoms with van der Waals surface area (Å²) in [5, 5.41) is 0.762. The molecule has 2 atom stereocenters. The summed E-state index contributed by atoms with van der Waals surface area (Å²) in [5.41, 5.74) is 1.46. The van der Waals surface area contributed by atoms with Gasteiger partial charge in [0.2, 0.25) is 0 Å². The summed E-state index contributed by atoms with van der Waals surface area (Å²) in [7, 11) is 0. The van der Waals surface area contributed by atoms with Crippen LogP contribution in [0.4, 0.5) is 0 Å². The Bertz CT molecular complexity index is 541. The second kappa shape index (κ2) is 6.93. The first-order chi connectivity index (χ1) is 10.3. The summed E-state index contributed by atoms with van der Waals surface area (Å²) in [5.74, 6) is 1.28. The number of nitrogens with zero attached hydrogens (tertiary/aromatic N) is 2. The molecule has 2 aromatic rings. The van der Waals surface area contributed by atoms with E-state index < -0.39 is 0 Å². The monoisotopic (exact) mass is 318 g/mol. The second-order valence-corrected chi connectivity index (χ2v) is 9.25. The maximum Gasteiger partial charge on any atom is 0.0945 e. The van der Waals surface area contributed by atoms with E-state index in [9.17, 15) is 0 Å². The van der Waals surface area contributed by atoms with Gasteiger partial charge in [-0.15, -0.1) is 23.5 Å². The Labute approximate surface area is 135 Å². The summed E-state index contributed by atoms with van der Waals surface area (Å²) in [6.07, 6.45) is 9.54. The van der Waals surface area contributed by atoms with Crippen molar-refractivity contribution in [1.29, 1.82) is 0 Å².